The van der Waals surface area contributed by atoms with Gasteiger partial charge in [-0.05, 0) is 34.6 Å². The van der Waals surface area contributed by atoms with E-state index in [0.29, 0.717) is 17.7 Å². The minimum Gasteiger partial charge on any atom is -0.463 e. The molecule has 0 radical (unpaired) electrons. The zero-order chi connectivity index (χ0) is 27.8. The van der Waals surface area contributed by atoms with Crippen molar-refractivity contribution >= 4 is 36.4 Å². The highest BCUT2D eigenvalue weighted by molar-refractivity contribution is 7.59. The Morgan fingerprint density at radius 3 is 2.00 bits per heavy atom. The smallest absolute Gasteiger partial charge is 0.310 e. The first-order valence-electron chi connectivity index (χ1n) is 12.3. The van der Waals surface area contributed by atoms with Crippen LogP contribution < -0.4 is 15.9 Å². The van der Waals surface area contributed by atoms with Gasteiger partial charge in [0.15, 0.2) is 11.5 Å². The van der Waals surface area contributed by atoms with Crippen molar-refractivity contribution in [3.05, 3.63) is 12.7 Å². The lowest BCUT2D eigenvalue weighted by molar-refractivity contribution is -0.152. The first-order valence-corrected chi connectivity index (χ1v) is 14.2. The molecule has 0 bridgehead atoms. The van der Waals surface area contributed by atoms with Crippen molar-refractivity contribution < 1.29 is 28.4 Å². The molecule has 208 valence electrons. The molecule has 0 saturated carbocycles. The topological polar surface area (TPSA) is 173 Å². The average Bonchev–Trinajstić information content (AvgIpc) is 3.23. The van der Waals surface area contributed by atoms with Gasteiger partial charge in [0.05, 0.1) is 43.0 Å². The molecule has 2 aromatic heterocycles. The van der Waals surface area contributed by atoms with Crippen LogP contribution in [0.1, 0.15) is 48.5 Å². The first kappa shape index (κ1) is 30.6. The number of hydrogen-bond donors (Lipinski definition) is 3. The van der Waals surface area contributed by atoms with Gasteiger partial charge < -0.3 is 24.5 Å². The van der Waals surface area contributed by atoms with Crippen molar-refractivity contribution in [1.82, 2.24) is 29.7 Å². The molecule has 0 amide bonds. The number of nitrogens with one attached hydrogen (secondary N) is 2. The fraction of sp³-hybridized carbons (Fsp3) is 0.696. The van der Waals surface area contributed by atoms with Crippen molar-refractivity contribution in [2.24, 2.45) is 11.8 Å². The van der Waals surface area contributed by atoms with E-state index in [1.165, 1.54) is 6.33 Å². The van der Waals surface area contributed by atoms with Crippen LogP contribution in [0.5, 0.6) is 0 Å². The maximum absolute atomic E-state index is 13.8. The van der Waals surface area contributed by atoms with Gasteiger partial charge in [-0.3, -0.25) is 24.3 Å². The van der Waals surface area contributed by atoms with Gasteiger partial charge in [0.25, 0.3) is 0 Å². The maximum atomic E-state index is 13.8. The minimum absolute atomic E-state index is 0.0980. The van der Waals surface area contributed by atoms with Gasteiger partial charge >= 0.3 is 11.9 Å². The van der Waals surface area contributed by atoms with E-state index in [1.807, 2.05) is 6.92 Å². The fourth-order valence-corrected chi connectivity index (χ4v) is 5.07. The molecular weight excluding hydrogens is 501 g/mol. The molecule has 37 heavy (non-hydrogen) atoms. The summed E-state index contributed by atoms with van der Waals surface area (Å²) in [6.45, 7) is 12.8. The molecule has 4 N–H and O–H groups in total. The van der Waals surface area contributed by atoms with Crippen molar-refractivity contribution in [2.45, 2.75) is 73.3 Å². The number of carbonyl (C=O) groups is 2. The summed E-state index contributed by atoms with van der Waals surface area (Å²) in [6, 6.07) is 0. The number of aromatic nitrogens is 4. The average molecular weight is 542 g/mol. The van der Waals surface area contributed by atoms with Gasteiger partial charge in [0, 0.05) is 13.1 Å². The molecule has 0 aliphatic rings. The number of nitrogens with zero attached hydrogens (tertiary/aromatic N) is 4. The zero-order valence-corrected chi connectivity index (χ0v) is 23.5. The number of anilines is 1. The predicted octanol–water partition coefficient (Wildman–Crippen LogP) is 2.32. The standard InChI is InChI=1S/C23H40N7O6P/c1-14(2)35-22(31)16(5)8-28-37(33,29-9-17(6)23(32)36-15(3)4)13-34-18(7)10-30-12-27-19-20(24)25-11-26-21(19)30/h11-12,14-18H,8-10,13H2,1-7H3,(H2,24,25,26)(H2,28,29,33)/t16-,17-,18-/m1/s1. The second kappa shape index (κ2) is 13.8. The number of imidazole rings is 1. The third-order valence-corrected chi connectivity index (χ3v) is 7.14. The predicted molar refractivity (Wildman–Crippen MR) is 140 cm³/mol. The lowest BCUT2D eigenvalue weighted by atomic mass is 10.2. The van der Waals surface area contributed by atoms with Gasteiger partial charge in [-0.25, -0.2) is 15.0 Å². The van der Waals surface area contributed by atoms with Crippen LogP contribution in [0.3, 0.4) is 0 Å². The molecule has 2 rings (SSSR count). The van der Waals surface area contributed by atoms with Crippen LogP contribution in [0.25, 0.3) is 11.2 Å². The van der Waals surface area contributed by atoms with Crippen LogP contribution in [0.4, 0.5) is 5.82 Å². The van der Waals surface area contributed by atoms with Crippen LogP contribution in [0.2, 0.25) is 0 Å². The summed E-state index contributed by atoms with van der Waals surface area (Å²) in [5, 5.41) is 5.89. The maximum Gasteiger partial charge on any atom is 0.310 e. The van der Waals surface area contributed by atoms with E-state index in [4.69, 9.17) is 19.9 Å². The van der Waals surface area contributed by atoms with Gasteiger partial charge in [-0.2, -0.15) is 0 Å². The molecule has 3 atom stereocenters. The Balaban J connectivity index is 2.05. The summed E-state index contributed by atoms with van der Waals surface area (Å²) in [5.41, 5.74) is 6.91. The molecule has 0 aliphatic carbocycles. The van der Waals surface area contributed by atoms with Crippen LogP contribution in [-0.2, 0) is 34.9 Å². The Hall–Kier alpha value is -2.60. The molecule has 2 aromatic rings. The molecule has 14 heteroatoms. The van der Waals surface area contributed by atoms with E-state index in [1.54, 1.807) is 52.4 Å². The van der Waals surface area contributed by atoms with Crippen molar-refractivity contribution in [1.29, 1.82) is 0 Å². The highest BCUT2D eigenvalue weighted by Gasteiger charge is 2.28. The van der Waals surface area contributed by atoms with E-state index >= 15 is 0 Å². The van der Waals surface area contributed by atoms with E-state index in [0.717, 1.165) is 0 Å². The molecule has 0 spiro atoms. The number of nitrogen functional groups attached to an aromatic ring is 1. The van der Waals surface area contributed by atoms with Gasteiger partial charge in [0.1, 0.15) is 18.2 Å². The van der Waals surface area contributed by atoms with Gasteiger partial charge in [0.2, 0.25) is 7.44 Å². The van der Waals surface area contributed by atoms with Crippen LogP contribution in [0.15, 0.2) is 12.7 Å². The number of hydrogen-bond acceptors (Lipinski definition) is 10. The fourth-order valence-electron chi connectivity index (χ4n) is 3.17. The number of rotatable bonds is 15. The van der Waals surface area contributed by atoms with Gasteiger partial charge in [-0.15, -0.1) is 0 Å². The largest absolute Gasteiger partial charge is 0.463 e. The molecule has 0 aromatic carbocycles. The normalized spacial score (nSPS) is 14.6. The molecule has 0 aliphatic heterocycles. The summed E-state index contributed by atoms with van der Waals surface area (Å²) in [5.74, 6) is -1.59. The van der Waals surface area contributed by atoms with Crippen molar-refractivity contribution in [3.63, 3.8) is 0 Å². The highest BCUT2D eigenvalue weighted by Crippen LogP contribution is 2.37. The van der Waals surface area contributed by atoms with Crippen LogP contribution >= 0.6 is 7.44 Å². The summed E-state index contributed by atoms with van der Waals surface area (Å²) >= 11 is 0. The third kappa shape index (κ3) is 9.66. The summed E-state index contributed by atoms with van der Waals surface area (Å²) in [4.78, 5) is 36.8. The quantitative estimate of drug-likeness (QED) is 0.222. The van der Waals surface area contributed by atoms with Crippen LogP contribution in [-0.4, -0.2) is 69.2 Å². The van der Waals surface area contributed by atoms with E-state index in [9.17, 15) is 14.2 Å². The summed E-state index contributed by atoms with van der Waals surface area (Å²) in [6.07, 6.45) is 1.89. The second-order valence-electron chi connectivity index (χ2n) is 9.67. The minimum atomic E-state index is -3.38. The lowest BCUT2D eigenvalue weighted by Crippen LogP contribution is -2.36. The lowest BCUT2D eigenvalue weighted by Gasteiger charge is -2.25. The third-order valence-electron chi connectivity index (χ3n) is 5.24. The highest BCUT2D eigenvalue weighted by atomic mass is 31.2. The Morgan fingerprint density at radius 1 is 0.946 bits per heavy atom. The Labute approximate surface area is 217 Å². The molecule has 0 unspecified atom stereocenters. The second-order valence-corrected chi connectivity index (χ2v) is 12.0. The Bertz CT molecular complexity index is 1060. The SMILES string of the molecule is CC(C)OC(=O)[C@H](C)CNP(=O)(CO[C@H](C)Cn1cnc2c(N)ncnc21)NC[C@@H](C)C(=O)OC(C)C. The first-order chi connectivity index (χ1) is 17.3. The number of nitrogens with two attached hydrogens (primary N) is 1. The molecule has 0 fully saturated rings. The molecule has 2 heterocycles. The summed E-state index contributed by atoms with van der Waals surface area (Å²) in [7, 11) is -3.38. The summed E-state index contributed by atoms with van der Waals surface area (Å²) < 4.78 is 31.9. The van der Waals surface area contributed by atoms with Crippen molar-refractivity contribution in [2.75, 3.05) is 25.2 Å². The Morgan fingerprint density at radius 2 is 1.49 bits per heavy atom. The zero-order valence-electron chi connectivity index (χ0n) is 22.6. The van der Waals surface area contributed by atoms with Crippen LogP contribution in [0, 0.1) is 11.8 Å². The number of esters is 2. The molecule has 13 nitrogen and oxygen atoms in total. The van der Waals surface area contributed by atoms with E-state index in [-0.39, 0.29) is 43.6 Å². The van der Waals surface area contributed by atoms with Crippen molar-refractivity contribution in [3.8, 4) is 0 Å². The number of ether oxygens (including phenoxy) is 3. The molecule has 0 saturated heterocycles. The monoisotopic (exact) mass is 541 g/mol. The number of fused-ring (bicyclic) bond motifs is 1. The molecular formula is C23H40N7O6P. The number of carbonyl (C=O) groups excluding carboxylic acids is 2. The van der Waals surface area contributed by atoms with E-state index < -0.39 is 31.2 Å². The Kier molecular flexibility index (Phi) is 11.4. The van der Waals surface area contributed by atoms with E-state index in [2.05, 4.69) is 25.1 Å². The van der Waals surface area contributed by atoms with Gasteiger partial charge in [-0.1, -0.05) is 13.8 Å².